The summed E-state index contributed by atoms with van der Waals surface area (Å²) in [5, 5.41) is 6.46. The van der Waals surface area contributed by atoms with Gasteiger partial charge in [0.1, 0.15) is 17.5 Å². The first-order chi connectivity index (χ1) is 19.9. The molecule has 2 aliphatic heterocycles. The van der Waals surface area contributed by atoms with Gasteiger partial charge in [-0.1, -0.05) is 37.3 Å². The van der Waals surface area contributed by atoms with E-state index in [1.807, 2.05) is 50.2 Å². The fourth-order valence-corrected chi connectivity index (χ4v) is 5.44. The van der Waals surface area contributed by atoms with Crippen LogP contribution in [0.5, 0.6) is 5.75 Å². The first-order valence-electron chi connectivity index (χ1n) is 14.4. The van der Waals surface area contributed by atoms with Crippen LogP contribution < -0.4 is 25.2 Å². The number of amides is 2. The molecule has 0 spiro atoms. The standard InChI is InChI=1S/C31H39N7O3/c1-5-25-30(40)37(4)26-19-32-31(35-28(26)38(25)20-21-10-8-7-9-11-21)34-24-13-12-22(18-27(24)41-6-2)29(39)33-23-14-16-36(3)17-15-23/h7-13,18-19,23,25H,5-6,14-17,20H2,1-4H3,(H,33,39)(H,32,34,35)/t25-/m1/s1. The zero-order chi connectivity index (χ0) is 28.9. The maximum absolute atomic E-state index is 13.2. The van der Waals surface area contributed by atoms with Gasteiger partial charge in [-0.05, 0) is 70.1 Å². The van der Waals surface area contributed by atoms with Gasteiger partial charge in [0, 0.05) is 25.2 Å². The number of ether oxygens (including phenoxy) is 1. The van der Waals surface area contributed by atoms with Crippen LogP contribution in [0, 0.1) is 0 Å². The fraction of sp³-hybridized carbons (Fsp3) is 0.419. The Labute approximate surface area is 241 Å². The van der Waals surface area contributed by atoms with E-state index in [9.17, 15) is 9.59 Å². The number of carbonyl (C=O) groups excluding carboxylic acids is 2. The normalized spacial score (nSPS) is 17.8. The summed E-state index contributed by atoms with van der Waals surface area (Å²) in [5.74, 6) is 1.53. The highest BCUT2D eigenvalue weighted by atomic mass is 16.5. The van der Waals surface area contributed by atoms with Crippen LogP contribution in [0.2, 0.25) is 0 Å². The molecule has 216 valence electrons. The highest BCUT2D eigenvalue weighted by Gasteiger charge is 2.37. The lowest BCUT2D eigenvalue weighted by Crippen LogP contribution is -2.52. The lowest BCUT2D eigenvalue weighted by atomic mass is 10.0. The Hall–Kier alpha value is -4.18. The van der Waals surface area contributed by atoms with Crippen molar-refractivity contribution in [1.82, 2.24) is 20.2 Å². The van der Waals surface area contributed by atoms with Crippen LogP contribution >= 0.6 is 0 Å². The number of likely N-dealkylation sites (tertiary alicyclic amines) is 1. The second-order valence-electron chi connectivity index (χ2n) is 10.7. The Balaban J connectivity index is 1.40. The van der Waals surface area contributed by atoms with Gasteiger partial charge in [0.25, 0.3) is 5.91 Å². The third-order valence-corrected chi connectivity index (χ3v) is 7.80. The molecule has 41 heavy (non-hydrogen) atoms. The Bertz CT molecular complexity index is 1380. The maximum Gasteiger partial charge on any atom is 0.251 e. The topological polar surface area (TPSA) is 103 Å². The molecule has 10 heteroatoms. The molecule has 3 aromatic rings. The Morgan fingerprint density at radius 1 is 1.07 bits per heavy atom. The van der Waals surface area contributed by atoms with Gasteiger partial charge >= 0.3 is 0 Å². The van der Waals surface area contributed by atoms with Crippen molar-refractivity contribution in [2.24, 2.45) is 0 Å². The molecule has 1 atom stereocenters. The van der Waals surface area contributed by atoms with Gasteiger partial charge in [-0.2, -0.15) is 4.98 Å². The molecule has 0 bridgehead atoms. The summed E-state index contributed by atoms with van der Waals surface area (Å²) in [6, 6.07) is 15.3. The second kappa shape index (κ2) is 12.6. The van der Waals surface area contributed by atoms with Crippen molar-refractivity contribution >= 4 is 35.0 Å². The van der Waals surface area contributed by atoms with Crippen LogP contribution in [0.15, 0.2) is 54.7 Å². The van der Waals surface area contributed by atoms with Crippen LogP contribution in [-0.2, 0) is 11.3 Å². The largest absolute Gasteiger partial charge is 0.492 e. The van der Waals surface area contributed by atoms with Gasteiger partial charge in [-0.25, -0.2) is 4.98 Å². The summed E-state index contributed by atoms with van der Waals surface area (Å²) in [7, 11) is 3.87. The predicted molar refractivity (Wildman–Crippen MR) is 161 cm³/mol. The van der Waals surface area contributed by atoms with E-state index in [1.165, 1.54) is 0 Å². The van der Waals surface area contributed by atoms with Gasteiger partial charge in [-0.15, -0.1) is 0 Å². The van der Waals surface area contributed by atoms with E-state index in [-0.39, 0.29) is 23.9 Å². The molecule has 2 aliphatic rings. The third kappa shape index (κ3) is 6.27. The number of piperidine rings is 1. The average molecular weight is 558 g/mol. The summed E-state index contributed by atoms with van der Waals surface area (Å²) in [4.78, 5) is 41.6. The molecule has 1 saturated heterocycles. The monoisotopic (exact) mass is 557 g/mol. The number of benzene rings is 2. The number of likely N-dealkylation sites (N-methyl/N-ethyl adjacent to an activating group) is 1. The van der Waals surface area contributed by atoms with Crippen LogP contribution in [0.25, 0.3) is 0 Å². The minimum absolute atomic E-state index is 0.0213. The Kier molecular flexibility index (Phi) is 8.68. The molecule has 0 unspecified atom stereocenters. The van der Waals surface area contributed by atoms with Gasteiger partial charge in [-0.3, -0.25) is 9.59 Å². The number of hydrogen-bond donors (Lipinski definition) is 2. The first-order valence-corrected chi connectivity index (χ1v) is 14.4. The van der Waals surface area contributed by atoms with Crippen LogP contribution in [-0.4, -0.2) is 72.6 Å². The summed E-state index contributed by atoms with van der Waals surface area (Å²) in [5.41, 5.74) is 2.95. The summed E-state index contributed by atoms with van der Waals surface area (Å²) >= 11 is 0. The van der Waals surface area contributed by atoms with E-state index < -0.39 is 0 Å². The van der Waals surface area contributed by atoms with Crippen molar-refractivity contribution in [2.45, 2.75) is 51.7 Å². The van der Waals surface area contributed by atoms with Gasteiger partial charge < -0.3 is 30.1 Å². The Morgan fingerprint density at radius 3 is 2.54 bits per heavy atom. The molecule has 1 aromatic heterocycles. The van der Waals surface area contributed by atoms with Gasteiger partial charge in [0.05, 0.1) is 18.5 Å². The molecule has 1 fully saturated rings. The van der Waals surface area contributed by atoms with Crippen LogP contribution in [0.1, 0.15) is 49.0 Å². The van der Waals surface area contributed by atoms with E-state index in [4.69, 9.17) is 9.72 Å². The summed E-state index contributed by atoms with van der Waals surface area (Å²) in [6.07, 6.45) is 4.21. The Morgan fingerprint density at radius 2 is 1.83 bits per heavy atom. The molecular weight excluding hydrogens is 518 g/mol. The second-order valence-corrected chi connectivity index (χ2v) is 10.7. The van der Waals surface area contributed by atoms with Crippen LogP contribution in [0.4, 0.5) is 23.1 Å². The minimum Gasteiger partial charge on any atom is -0.492 e. The fourth-order valence-electron chi connectivity index (χ4n) is 5.44. The molecular formula is C31H39N7O3. The van der Waals surface area contributed by atoms with E-state index in [0.29, 0.717) is 54.0 Å². The number of aromatic nitrogens is 2. The van der Waals surface area contributed by atoms with Gasteiger partial charge in [0.2, 0.25) is 11.9 Å². The number of nitrogens with one attached hydrogen (secondary N) is 2. The van der Waals surface area contributed by atoms with Crippen molar-refractivity contribution in [3.63, 3.8) is 0 Å². The number of hydrogen-bond acceptors (Lipinski definition) is 8. The third-order valence-electron chi connectivity index (χ3n) is 7.80. The van der Waals surface area contributed by atoms with Crippen molar-refractivity contribution in [1.29, 1.82) is 0 Å². The zero-order valence-electron chi connectivity index (χ0n) is 24.3. The SMILES string of the molecule is CCOc1cc(C(=O)NC2CCN(C)CC2)ccc1Nc1ncc2c(n1)N(Cc1ccccc1)[C@H](CC)C(=O)N2C. The molecule has 5 rings (SSSR count). The number of nitrogens with zero attached hydrogens (tertiary/aromatic N) is 5. The van der Waals surface area contributed by atoms with Crippen molar-refractivity contribution in [2.75, 3.05) is 48.9 Å². The van der Waals surface area contributed by atoms with E-state index in [0.717, 1.165) is 31.5 Å². The molecule has 10 nitrogen and oxygen atoms in total. The molecule has 3 heterocycles. The van der Waals surface area contributed by atoms with Crippen LogP contribution in [0.3, 0.4) is 0 Å². The lowest BCUT2D eigenvalue weighted by Gasteiger charge is -2.40. The number of rotatable bonds is 9. The molecule has 2 N–H and O–H groups in total. The molecule has 0 aliphatic carbocycles. The number of anilines is 4. The smallest absolute Gasteiger partial charge is 0.251 e. The highest BCUT2D eigenvalue weighted by molar-refractivity contribution is 6.04. The van der Waals surface area contributed by atoms with Crippen molar-refractivity contribution < 1.29 is 14.3 Å². The van der Waals surface area contributed by atoms with E-state index in [2.05, 4.69) is 32.5 Å². The minimum atomic E-state index is -0.336. The lowest BCUT2D eigenvalue weighted by molar-refractivity contribution is -0.120. The predicted octanol–water partition coefficient (Wildman–Crippen LogP) is 4.20. The van der Waals surface area contributed by atoms with Gasteiger partial charge in [0.15, 0.2) is 5.82 Å². The quantitative estimate of drug-likeness (QED) is 0.404. The molecule has 0 radical (unpaired) electrons. The number of carbonyl (C=O) groups is 2. The molecule has 0 saturated carbocycles. The zero-order valence-corrected chi connectivity index (χ0v) is 24.3. The average Bonchev–Trinajstić information content (AvgIpc) is 2.98. The number of fused-ring (bicyclic) bond motifs is 1. The van der Waals surface area contributed by atoms with Crippen molar-refractivity contribution in [3.8, 4) is 5.75 Å². The maximum atomic E-state index is 13.2. The summed E-state index contributed by atoms with van der Waals surface area (Å²) < 4.78 is 5.91. The first kappa shape index (κ1) is 28.4. The van der Waals surface area contributed by atoms with E-state index in [1.54, 1.807) is 30.3 Å². The van der Waals surface area contributed by atoms with Crippen molar-refractivity contribution in [3.05, 3.63) is 65.9 Å². The van der Waals surface area contributed by atoms with E-state index >= 15 is 0 Å². The highest BCUT2D eigenvalue weighted by Crippen LogP contribution is 2.37. The molecule has 2 aromatic carbocycles. The summed E-state index contributed by atoms with van der Waals surface area (Å²) in [6.45, 7) is 6.86. The molecule has 2 amide bonds.